The van der Waals surface area contributed by atoms with Crippen LogP contribution in [0, 0.1) is 0 Å². The average Bonchev–Trinajstić information content (AvgIpc) is 2.20. The number of para-hydroxylation sites is 1. The number of benzene rings is 1. The van der Waals surface area contributed by atoms with Crippen LogP contribution in [0.3, 0.4) is 0 Å². The second-order valence-electron chi connectivity index (χ2n) is 2.78. The van der Waals surface area contributed by atoms with Gasteiger partial charge in [-0.3, -0.25) is 0 Å². The number of aliphatic hydroxyl groups is 2. The van der Waals surface area contributed by atoms with Gasteiger partial charge in [-0.2, -0.15) is 0 Å². The summed E-state index contributed by atoms with van der Waals surface area (Å²) >= 11 is 0. The maximum absolute atomic E-state index is 8.74. The summed E-state index contributed by atoms with van der Waals surface area (Å²) in [5.41, 5.74) is 0. The molecule has 4 heteroatoms. The van der Waals surface area contributed by atoms with Gasteiger partial charge < -0.3 is 15.1 Å². The molecule has 0 aliphatic heterocycles. The van der Waals surface area contributed by atoms with Gasteiger partial charge in [0, 0.05) is 0 Å². The van der Waals surface area contributed by atoms with E-state index in [0.29, 0.717) is 18.8 Å². The Balaban J connectivity index is 2.46. The van der Waals surface area contributed by atoms with Crippen LogP contribution in [0.15, 0.2) is 30.3 Å². The van der Waals surface area contributed by atoms with E-state index < -0.39 is 0 Å². The van der Waals surface area contributed by atoms with Gasteiger partial charge in [0.25, 0.3) is 0 Å². The Morgan fingerprint density at radius 2 is 1.57 bits per heavy atom. The van der Waals surface area contributed by atoms with Crippen LogP contribution in [0.2, 0.25) is 0 Å². The molecule has 14 heavy (non-hydrogen) atoms. The first-order valence-electron chi connectivity index (χ1n) is 4.56. The SMILES string of the molecule is OCCN(CCO)Oc1ccccc1. The van der Waals surface area contributed by atoms with Crippen molar-refractivity contribution in [1.82, 2.24) is 5.06 Å². The summed E-state index contributed by atoms with van der Waals surface area (Å²) in [7, 11) is 0. The van der Waals surface area contributed by atoms with E-state index in [1.54, 1.807) is 0 Å². The topological polar surface area (TPSA) is 52.9 Å². The predicted molar refractivity (Wildman–Crippen MR) is 52.8 cm³/mol. The molecule has 0 saturated heterocycles. The predicted octanol–water partition coefficient (Wildman–Crippen LogP) is 0.267. The molecule has 0 aliphatic rings. The van der Waals surface area contributed by atoms with Crippen molar-refractivity contribution in [2.24, 2.45) is 0 Å². The number of rotatable bonds is 6. The van der Waals surface area contributed by atoms with Gasteiger partial charge in [0.2, 0.25) is 0 Å². The Bertz CT molecular complexity index is 234. The quantitative estimate of drug-likeness (QED) is 0.643. The summed E-state index contributed by atoms with van der Waals surface area (Å²) in [5, 5.41) is 19.0. The highest BCUT2D eigenvalue weighted by atomic mass is 16.7. The summed E-state index contributed by atoms with van der Waals surface area (Å²) in [6.07, 6.45) is 0. The van der Waals surface area contributed by atoms with E-state index in [-0.39, 0.29) is 13.2 Å². The smallest absolute Gasteiger partial charge is 0.147 e. The second kappa shape index (κ2) is 6.37. The molecule has 1 rings (SSSR count). The highest BCUT2D eigenvalue weighted by Gasteiger charge is 2.04. The lowest BCUT2D eigenvalue weighted by molar-refractivity contribution is -0.0758. The van der Waals surface area contributed by atoms with Gasteiger partial charge in [0.1, 0.15) is 5.75 Å². The molecule has 0 radical (unpaired) electrons. The fraction of sp³-hybridized carbons (Fsp3) is 0.400. The van der Waals surface area contributed by atoms with Crippen molar-refractivity contribution in [3.8, 4) is 5.75 Å². The molecule has 0 amide bonds. The fourth-order valence-electron chi connectivity index (χ4n) is 1.06. The van der Waals surface area contributed by atoms with Crippen molar-refractivity contribution < 1.29 is 15.1 Å². The molecular weight excluding hydrogens is 182 g/mol. The highest BCUT2D eigenvalue weighted by Crippen LogP contribution is 2.09. The Labute approximate surface area is 83.3 Å². The van der Waals surface area contributed by atoms with Crippen molar-refractivity contribution in [3.63, 3.8) is 0 Å². The van der Waals surface area contributed by atoms with Crippen LogP contribution < -0.4 is 4.84 Å². The molecule has 0 unspecified atom stereocenters. The molecule has 0 aromatic heterocycles. The van der Waals surface area contributed by atoms with E-state index in [1.165, 1.54) is 5.06 Å². The Hall–Kier alpha value is -1.10. The number of nitrogens with zero attached hydrogens (tertiary/aromatic N) is 1. The summed E-state index contributed by atoms with van der Waals surface area (Å²) in [6.45, 7) is 0.782. The lowest BCUT2D eigenvalue weighted by atomic mass is 10.3. The van der Waals surface area contributed by atoms with E-state index in [2.05, 4.69) is 0 Å². The minimum atomic E-state index is 0.00678. The minimum Gasteiger partial charge on any atom is -0.406 e. The number of aliphatic hydroxyl groups excluding tert-OH is 2. The molecule has 0 spiro atoms. The van der Waals surface area contributed by atoms with E-state index in [9.17, 15) is 0 Å². The maximum atomic E-state index is 8.74. The summed E-state index contributed by atoms with van der Waals surface area (Å²) in [4.78, 5) is 5.41. The van der Waals surface area contributed by atoms with Gasteiger partial charge in [-0.15, -0.1) is 5.06 Å². The van der Waals surface area contributed by atoms with Crippen LogP contribution in [0.1, 0.15) is 0 Å². The van der Waals surface area contributed by atoms with Crippen LogP contribution in [0.25, 0.3) is 0 Å². The molecule has 1 aromatic rings. The van der Waals surface area contributed by atoms with Gasteiger partial charge in [0.05, 0.1) is 26.3 Å². The van der Waals surface area contributed by atoms with Gasteiger partial charge in [0.15, 0.2) is 0 Å². The van der Waals surface area contributed by atoms with Gasteiger partial charge >= 0.3 is 0 Å². The first-order valence-corrected chi connectivity index (χ1v) is 4.56. The summed E-state index contributed by atoms with van der Waals surface area (Å²) in [5.74, 6) is 0.703. The van der Waals surface area contributed by atoms with Crippen LogP contribution in [-0.2, 0) is 0 Å². The third-order valence-electron chi connectivity index (χ3n) is 1.68. The first-order chi connectivity index (χ1) is 6.86. The molecule has 0 saturated carbocycles. The van der Waals surface area contributed by atoms with Crippen molar-refractivity contribution in [3.05, 3.63) is 30.3 Å². The maximum Gasteiger partial charge on any atom is 0.147 e. The Morgan fingerprint density at radius 1 is 1.00 bits per heavy atom. The van der Waals surface area contributed by atoms with Crippen LogP contribution in [-0.4, -0.2) is 41.6 Å². The largest absolute Gasteiger partial charge is 0.406 e. The monoisotopic (exact) mass is 197 g/mol. The Morgan fingerprint density at radius 3 is 2.07 bits per heavy atom. The van der Waals surface area contributed by atoms with Crippen molar-refractivity contribution in [2.45, 2.75) is 0 Å². The standard InChI is InChI=1S/C10H15NO3/c12-8-6-11(7-9-13)14-10-4-2-1-3-5-10/h1-5,12-13H,6-9H2. The summed E-state index contributed by atoms with van der Waals surface area (Å²) in [6, 6.07) is 9.27. The third kappa shape index (κ3) is 3.74. The minimum absolute atomic E-state index is 0.00678. The van der Waals surface area contributed by atoms with Crippen molar-refractivity contribution in [1.29, 1.82) is 0 Å². The van der Waals surface area contributed by atoms with Crippen LogP contribution in [0.5, 0.6) is 5.75 Å². The average molecular weight is 197 g/mol. The lowest BCUT2D eigenvalue weighted by Gasteiger charge is -2.20. The molecule has 0 atom stereocenters. The molecular formula is C10H15NO3. The van der Waals surface area contributed by atoms with E-state index in [4.69, 9.17) is 15.1 Å². The number of hydroxylamine groups is 2. The molecule has 4 nitrogen and oxygen atoms in total. The van der Waals surface area contributed by atoms with E-state index in [0.717, 1.165) is 0 Å². The number of hydrogen-bond acceptors (Lipinski definition) is 4. The first kappa shape index (κ1) is 11.0. The molecule has 1 aromatic carbocycles. The van der Waals surface area contributed by atoms with Crippen LogP contribution in [0.4, 0.5) is 0 Å². The summed E-state index contributed by atoms with van der Waals surface area (Å²) < 4.78 is 0. The zero-order valence-electron chi connectivity index (χ0n) is 7.97. The molecule has 78 valence electrons. The normalized spacial score (nSPS) is 10.5. The van der Waals surface area contributed by atoms with Crippen molar-refractivity contribution >= 4 is 0 Å². The fourth-order valence-corrected chi connectivity index (χ4v) is 1.06. The van der Waals surface area contributed by atoms with Crippen LogP contribution >= 0.6 is 0 Å². The zero-order valence-corrected chi connectivity index (χ0v) is 7.97. The molecule has 2 N–H and O–H groups in total. The second-order valence-corrected chi connectivity index (χ2v) is 2.78. The Kier molecular flexibility index (Phi) is 4.99. The van der Waals surface area contributed by atoms with Gasteiger partial charge in [-0.25, -0.2) is 0 Å². The van der Waals surface area contributed by atoms with Crippen molar-refractivity contribution in [2.75, 3.05) is 26.3 Å². The number of hydrogen-bond donors (Lipinski definition) is 2. The molecule has 0 aliphatic carbocycles. The van der Waals surface area contributed by atoms with Gasteiger partial charge in [-0.1, -0.05) is 18.2 Å². The lowest BCUT2D eigenvalue weighted by Crippen LogP contribution is -2.33. The van der Waals surface area contributed by atoms with E-state index in [1.807, 2.05) is 30.3 Å². The zero-order chi connectivity index (χ0) is 10.2. The van der Waals surface area contributed by atoms with E-state index >= 15 is 0 Å². The van der Waals surface area contributed by atoms with Gasteiger partial charge in [-0.05, 0) is 12.1 Å². The highest BCUT2D eigenvalue weighted by molar-refractivity contribution is 5.20. The molecule has 0 heterocycles. The molecule has 0 bridgehead atoms. The molecule has 0 fully saturated rings. The third-order valence-corrected chi connectivity index (χ3v) is 1.68.